The number of nitrogens with two attached hydrogens (primary N) is 1. The minimum Gasteiger partial charge on any atom is -0.378 e. The standard InChI is InChI=1S/C12H25NO2/c1-11(2,3)6-8-15-12(9-13)5-4-7-14-10-12/h4-10,13H2,1-3H3. The van der Waals surface area contributed by atoms with Crippen LogP contribution in [-0.2, 0) is 9.47 Å². The molecular weight excluding hydrogens is 190 g/mol. The van der Waals surface area contributed by atoms with Crippen LogP contribution in [0.4, 0.5) is 0 Å². The lowest BCUT2D eigenvalue weighted by Crippen LogP contribution is -2.48. The molecule has 0 amide bonds. The van der Waals surface area contributed by atoms with Crippen molar-refractivity contribution in [3.63, 3.8) is 0 Å². The van der Waals surface area contributed by atoms with E-state index in [4.69, 9.17) is 15.2 Å². The molecule has 1 saturated heterocycles. The molecule has 15 heavy (non-hydrogen) atoms. The zero-order valence-electron chi connectivity index (χ0n) is 10.3. The summed E-state index contributed by atoms with van der Waals surface area (Å²) < 4.78 is 11.4. The first-order valence-corrected chi connectivity index (χ1v) is 5.89. The number of rotatable bonds is 4. The smallest absolute Gasteiger partial charge is 0.104 e. The Hall–Kier alpha value is -0.120. The van der Waals surface area contributed by atoms with E-state index in [0.717, 1.165) is 32.5 Å². The van der Waals surface area contributed by atoms with Crippen LogP contribution in [0.2, 0.25) is 0 Å². The Bertz CT molecular complexity index is 181. The van der Waals surface area contributed by atoms with Crippen LogP contribution in [0.25, 0.3) is 0 Å². The SMILES string of the molecule is CC(C)(C)CCOC1(CN)CCCOC1. The van der Waals surface area contributed by atoms with Crippen LogP contribution in [0.15, 0.2) is 0 Å². The van der Waals surface area contributed by atoms with Crippen molar-refractivity contribution >= 4 is 0 Å². The van der Waals surface area contributed by atoms with Gasteiger partial charge >= 0.3 is 0 Å². The molecule has 1 heterocycles. The van der Waals surface area contributed by atoms with E-state index in [-0.39, 0.29) is 5.60 Å². The molecule has 1 unspecified atom stereocenters. The molecule has 0 bridgehead atoms. The van der Waals surface area contributed by atoms with Crippen molar-refractivity contribution in [3.05, 3.63) is 0 Å². The number of hydrogen-bond donors (Lipinski definition) is 1. The van der Waals surface area contributed by atoms with Crippen LogP contribution in [-0.4, -0.2) is 32.0 Å². The van der Waals surface area contributed by atoms with Crippen LogP contribution < -0.4 is 5.73 Å². The van der Waals surface area contributed by atoms with Gasteiger partial charge in [-0.2, -0.15) is 0 Å². The van der Waals surface area contributed by atoms with Crippen LogP contribution >= 0.6 is 0 Å². The van der Waals surface area contributed by atoms with Crippen molar-refractivity contribution in [2.45, 2.75) is 45.6 Å². The first-order valence-electron chi connectivity index (χ1n) is 5.89. The predicted octanol–water partition coefficient (Wildman–Crippen LogP) is 1.95. The molecule has 90 valence electrons. The summed E-state index contributed by atoms with van der Waals surface area (Å²) in [5.41, 5.74) is 5.90. The van der Waals surface area contributed by atoms with Gasteiger partial charge in [0, 0.05) is 19.8 Å². The second-order valence-electron chi connectivity index (χ2n) is 5.70. The Labute approximate surface area is 93.3 Å². The van der Waals surface area contributed by atoms with Gasteiger partial charge in [-0.1, -0.05) is 20.8 Å². The lowest BCUT2D eigenvalue weighted by atomic mass is 9.92. The monoisotopic (exact) mass is 215 g/mol. The summed E-state index contributed by atoms with van der Waals surface area (Å²) in [7, 11) is 0. The maximum atomic E-state index is 5.95. The Morgan fingerprint density at radius 2 is 2.13 bits per heavy atom. The molecule has 1 fully saturated rings. The highest BCUT2D eigenvalue weighted by Gasteiger charge is 2.32. The Kier molecular flexibility index (Phi) is 4.56. The third-order valence-electron chi connectivity index (χ3n) is 2.92. The second kappa shape index (κ2) is 5.28. The molecule has 3 heteroatoms. The van der Waals surface area contributed by atoms with Crippen molar-refractivity contribution in [1.82, 2.24) is 0 Å². The van der Waals surface area contributed by atoms with Gasteiger partial charge in [-0.15, -0.1) is 0 Å². The molecule has 0 radical (unpaired) electrons. The van der Waals surface area contributed by atoms with E-state index < -0.39 is 0 Å². The average Bonchev–Trinajstić information content (AvgIpc) is 2.17. The Balaban J connectivity index is 2.33. The van der Waals surface area contributed by atoms with Gasteiger partial charge in [0.2, 0.25) is 0 Å². The lowest BCUT2D eigenvalue weighted by Gasteiger charge is -2.36. The normalized spacial score (nSPS) is 28.0. The van der Waals surface area contributed by atoms with E-state index in [1.165, 1.54) is 0 Å². The zero-order valence-corrected chi connectivity index (χ0v) is 10.3. The maximum absolute atomic E-state index is 5.95. The zero-order chi connectivity index (χ0) is 11.4. The van der Waals surface area contributed by atoms with Gasteiger partial charge in [-0.05, 0) is 24.7 Å². The minimum absolute atomic E-state index is 0.205. The summed E-state index contributed by atoms with van der Waals surface area (Å²) in [4.78, 5) is 0. The number of hydrogen-bond acceptors (Lipinski definition) is 3. The highest BCUT2D eigenvalue weighted by atomic mass is 16.5. The van der Waals surface area contributed by atoms with Gasteiger partial charge < -0.3 is 15.2 Å². The van der Waals surface area contributed by atoms with Gasteiger partial charge in [0.25, 0.3) is 0 Å². The van der Waals surface area contributed by atoms with E-state index in [0.29, 0.717) is 18.6 Å². The molecule has 0 aromatic rings. The van der Waals surface area contributed by atoms with Crippen LogP contribution in [0.5, 0.6) is 0 Å². The summed E-state index contributed by atoms with van der Waals surface area (Å²) >= 11 is 0. The van der Waals surface area contributed by atoms with Crippen LogP contribution in [0.1, 0.15) is 40.0 Å². The predicted molar refractivity (Wildman–Crippen MR) is 61.9 cm³/mol. The molecule has 3 nitrogen and oxygen atoms in total. The molecule has 1 aliphatic rings. The average molecular weight is 215 g/mol. The highest BCUT2D eigenvalue weighted by molar-refractivity contribution is 4.84. The molecule has 0 saturated carbocycles. The van der Waals surface area contributed by atoms with E-state index >= 15 is 0 Å². The van der Waals surface area contributed by atoms with Crippen LogP contribution in [0.3, 0.4) is 0 Å². The summed E-state index contributed by atoms with van der Waals surface area (Å²) in [5.74, 6) is 0. The molecule has 0 aromatic heterocycles. The Morgan fingerprint density at radius 3 is 2.60 bits per heavy atom. The van der Waals surface area contributed by atoms with Crippen LogP contribution in [0, 0.1) is 5.41 Å². The van der Waals surface area contributed by atoms with E-state index in [2.05, 4.69) is 20.8 Å². The quantitative estimate of drug-likeness (QED) is 0.779. The molecule has 0 aliphatic carbocycles. The summed E-state index contributed by atoms with van der Waals surface area (Å²) in [6, 6.07) is 0. The summed E-state index contributed by atoms with van der Waals surface area (Å²) in [6.07, 6.45) is 3.16. The maximum Gasteiger partial charge on any atom is 0.104 e. The van der Waals surface area contributed by atoms with Crippen molar-refractivity contribution in [1.29, 1.82) is 0 Å². The largest absolute Gasteiger partial charge is 0.378 e. The van der Waals surface area contributed by atoms with E-state index in [1.54, 1.807) is 0 Å². The third-order valence-corrected chi connectivity index (χ3v) is 2.92. The summed E-state index contributed by atoms with van der Waals surface area (Å²) in [6.45, 7) is 9.54. The fraction of sp³-hybridized carbons (Fsp3) is 1.00. The number of ether oxygens (including phenoxy) is 2. The van der Waals surface area contributed by atoms with Gasteiger partial charge in [-0.3, -0.25) is 0 Å². The van der Waals surface area contributed by atoms with Gasteiger partial charge in [0.1, 0.15) is 5.60 Å². The van der Waals surface area contributed by atoms with Gasteiger partial charge in [0.05, 0.1) is 6.61 Å². The topological polar surface area (TPSA) is 44.5 Å². The first kappa shape index (κ1) is 12.9. The van der Waals surface area contributed by atoms with E-state index in [9.17, 15) is 0 Å². The van der Waals surface area contributed by atoms with Crippen molar-refractivity contribution < 1.29 is 9.47 Å². The fourth-order valence-electron chi connectivity index (χ4n) is 1.73. The molecule has 1 aliphatic heterocycles. The van der Waals surface area contributed by atoms with E-state index in [1.807, 2.05) is 0 Å². The summed E-state index contributed by atoms with van der Waals surface area (Å²) in [5, 5.41) is 0. The molecule has 1 rings (SSSR count). The lowest BCUT2D eigenvalue weighted by molar-refractivity contribution is -0.126. The second-order valence-corrected chi connectivity index (χ2v) is 5.70. The third kappa shape index (κ3) is 4.49. The molecule has 1 atom stereocenters. The van der Waals surface area contributed by atoms with Crippen molar-refractivity contribution in [3.8, 4) is 0 Å². The van der Waals surface area contributed by atoms with Crippen molar-refractivity contribution in [2.75, 3.05) is 26.4 Å². The molecular formula is C12H25NO2. The minimum atomic E-state index is -0.205. The fourth-order valence-corrected chi connectivity index (χ4v) is 1.73. The molecule has 2 N–H and O–H groups in total. The molecule has 0 spiro atoms. The van der Waals surface area contributed by atoms with Crippen molar-refractivity contribution in [2.24, 2.45) is 11.1 Å². The molecule has 0 aromatic carbocycles. The van der Waals surface area contributed by atoms with Gasteiger partial charge in [-0.25, -0.2) is 0 Å². The highest BCUT2D eigenvalue weighted by Crippen LogP contribution is 2.25. The van der Waals surface area contributed by atoms with Gasteiger partial charge in [0.15, 0.2) is 0 Å². The first-order chi connectivity index (χ1) is 6.97. The Morgan fingerprint density at radius 1 is 1.40 bits per heavy atom.